The summed E-state index contributed by atoms with van der Waals surface area (Å²) in [6, 6.07) is 0. The van der Waals surface area contributed by atoms with Crippen LogP contribution in [0.4, 0.5) is 0 Å². The predicted molar refractivity (Wildman–Crippen MR) is 75.9 cm³/mol. The molecule has 0 unspecified atom stereocenters. The average molecular weight is 306 g/mol. The van der Waals surface area contributed by atoms with Crippen LogP contribution < -0.4 is 0 Å². The zero-order valence-electron chi connectivity index (χ0n) is 12.6. The Morgan fingerprint density at radius 1 is 1.35 bits per heavy atom. The molecule has 20 heavy (non-hydrogen) atoms. The molecule has 5 nitrogen and oxygen atoms in total. The molecule has 0 aromatic rings. The van der Waals surface area contributed by atoms with E-state index in [1.807, 2.05) is 13.8 Å². The third kappa shape index (κ3) is 3.35. The van der Waals surface area contributed by atoms with Crippen LogP contribution in [-0.4, -0.2) is 42.3 Å². The quantitative estimate of drug-likeness (QED) is 0.785. The number of aliphatic hydroxyl groups is 1. The summed E-state index contributed by atoms with van der Waals surface area (Å²) in [5, 5.41) is 10.2. The van der Waals surface area contributed by atoms with Gasteiger partial charge in [0.2, 0.25) is 0 Å². The van der Waals surface area contributed by atoms with Gasteiger partial charge in [-0.2, -0.15) is 0 Å². The fourth-order valence-electron chi connectivity index (χ4n) is 3.21. The van der Waals surface area contributed by atoms with Gasteiger partial charge in [0.1, 0.15) is 11.7 Å². The third-order valence-electron chi connectivity index (χ3n) is 4.72. The van der Waals surface area contributed by atoms with Crippen molar-refractivity contribution in [3.05, 3.63) is 0 Å². The molecule has 118 valence electrons. The Morgan fingerprint density at radius 3 is 2.70 bits per heavy atom. The average Bonchev–Trinajstić information content (AvgIpc) is 2.34. The lowest BCUT2D eigenvalue weighted by atomic mass is 9.71. The van der Waals surface area contributed by atoms with Crippen molar-refractivity contribution >= 4 is 9.84 Å². The third-order valence-corrected chi connectivity index (χ3v) is 6.65. The summed E-state index contributed by atoms with van der Waals surface area (Å²) < 4.78 is 24.3. The molecule has 2 fully saturated rings. The fourth-order valence-corrected chi connectivity index (χ4v) is 5.24. The zero-order valence-corrected chi connectivity index (χ0v) is 13.4. The highest BCUT2D eigenvalue weighted by Gasteiger charge is 2.53. The van der Waals surface area contributed by atoms with E-state index in [0.717, 1.165) is 12.8 Å². The SMILES string of the molecule is CCCCS(=O)(=O)C[C@@]1(C)OO[C@@H]2C[C@H]1CC[C@@]2(C)O. The summed E-state index contributed by atoms with van der Waals surface area (Å²) >= 11 is 0. The molecule has 2 bridgehead atoms. The van der Waals surface area contributed by atoms with E-state index >= 15 is 0 Å². The van der Waals surface area contributed by atoms with Crippen LogP contribution in [0.2, 0.25) is 0 Å². The molecule has 1 saturated carbocycles. The molecule has 1 saturated heterocycles. The van der Waals surface area contributed by atoms with Gasteiger partial charge in [-0.15, -0.1) is 0 Å². The first kappa shape index (κ1) is 16.2. The smallest absolute Gasteiger partial charge is 0.153 e. The molecule has 2 aliphatic rings. The first-order chi connectivity index (χ1) is 9.19. The number of unbranched alkanes of at least 4 members (excludes halogenated alkanes) is 1. The lowest BCUT2D eigenvalue weighted by Gasteiger charge is -2.50. The molecule has 0 aromatic carbocycles. The second-order valence-electron chi connectivity index (χ2n) is 6.75. The molecule has 0 amide bonds. The van der Waals surface area contributed by atoms with Gasteiger partial charge in [0, 0.05) is 0 Å². The van der Waals surface area contributed by atoms with Crippen LogP contribution in [0, 0.1) is 5.92 Å². The van der Waals surface area contributed by atoms with Crippen LogP contribution >= 0.6 is 0 Å². The van der Waals surface area contributed by atoms with Gasteiger partial charge >= 0.3 is 0 Å². The van der Waals surface area contributed by atoms with Crippen molar-refractivity contribution in [1.29, 1.82) is 0 Å². The fraction of sp³-hybridized carbons (Fsp3) is 1.00. The normalized spacial score (nSPS) is 41.6. The lowest BCUT2D eigenvalue weighted by Crippen LogP contribution is -2.58. The van der Waals surface area contributed by atoms with Crippen LogP contribution in [0.3, 0.4) is 0 Å². The maximum Gasteiger partial charge on any atom is 0.153 e. The molecule has 0 aromatic heterocycles. The van der Waals surface area contributed by atoms with Crippen molar-refractivity contribution in [2.75, 3.05) is 11.5 Å². The molecule has 0 radical (unpaired) electrons. The van der Waals surface area contributed by atoms with E-state index in [0.29, 0.717) is 19.3 Å². The standard InChI is InChI=1S/C14H26O5S/c1-4-5-8-20(16,17)10-14(3)11-6-7-13(2,15)12(9-11)18-19-14/h11-12,15H,4-10H2,1-3H3/t11-,12-,13-,14-/m1/s1. The number of sulfone groups is 1. The molecule has 1 aliphatic carbocycles. The molecule has 1 N–H and O–H groups in total. The van der Waals surface area contributed by atoms with Gasteiger partial charge in [-0.3, -0.25) is 0 Å². The Labute approximate surface area is 121 Å². The Morgan fingerprint density at radius 2 is 2.05 bits per heavy atom. The number of hydrogen-bond donors (Lipinski definition) is 1. The van der Waals surface area contributed by atoms with Crippen molar-refractivity contribution in [2.24, 2.45) is 5.92 Å². The summed E-state index contributed by atoms with van der Waals surface area (Å²) in [4.78, 5) is 10.8. The van der Waals surface area contributed by atoms with Crippen LogP contribution in [-0.2, 0) is 19.6 Å². The maximum absolute atomic E-state index is 12.2. The van der Waals surface area contributed by atoms with Crippen LogP contribution in [0.25, 0.3) is 0 Å². The Bertz CT molecular complexity index is 444. The van der Waals surface area contributed by atoms with E-state index in [2.05, 4.69) is 0 Å². The van der Waals surface area contributed by atoms with Gasteiger partial charge in [-0.25, -0.2) is 18.2 Å². The largest absolute Gasteiger partial charge is 0.387 e. The molecule has 1 aliphatic heterocycles. The van der Waals surface area contributed by atoms with Crippen LogP contribution in [0.15, 0.2) is 0 Å². The minimum Gasteiger partial charge on any atom is -0.387 e. The highest BCUT2D eigenvalue weighted by Crippen LogP contribution is 2.45. The van der Waals surface area contributed by atoms with Crippen molar-refractivity contribution in [1.82, 2.24) is 0 Å². The van der Waals surface area contributed by atoms with Crippen LogP contribution in [0.1, 0.15) is 52.9 Å². The maximum atomic E-state index is 12.2. The topological polar surface area (TPSA) is 72.8 Å². The first-order valence-electron chi connectivity index (χ1n) is 7.46. The summed E-state index contributed by atoms with van der Waals surface area (Å²) in [6.45, 7) is 5.54. The van der Waals surface area contributed by atoms with Gasteiger partial charge in [-0.1, -0.05) is 13.3 Å². The summed E-state index contributed by atoms with van der Waals surface area (Å²) in [5.74, 6) is 0.327. The number of hydrogen-bond acceptors (Lipinski definition) is 5. The monoisotopic (exact) mass is 306 g/mol. The summed E-state index contributed by atoms with van der Waals surface area (Å²) in [5.41, 5.74) is -1.67. The Balaban J connectivity index is 2.06. The molecule has 6 heteroatoms. The van der Waals surface area contributed by atoms with Gasteiger partial charge in [0.25, 0.3) is 0 Å². The van der Waals surface area contributed by atoms with Gasteiger partial charge in [0.05, 0.1) is 17.1 Å². The zero-order chi connectivity index (χ0) is 15.0. The highest BCUT2D eigenvalue weighted by molar-refractivity contribution is 7.91. The summed E-state index contributed by atoms with van der Waals surface area (Å²) in [7, 11) is -3.13. The molecular formula is C14H26O5S. The molecule has 4 atom stereocenters. The molecule has 2 rings (SSSR count). The lowest BCUT2D eigenvalue weighted by molar-refractivity contribution is -0.441. The van der Waals surface area contributed by atoms with Gasteiger partial charge in [0.15, 0.2) is 9.84 Å². The molecule has 1 heterocycles. The van der Waals surface area contributed by atoms with Crippen molar-refractivity contribution in [2.45, 2.75) is 70.2 Å². The highest BCUT2D eigenvalue weighted by atomic mass is 32.2. The van der Waals surface area contributed by atoms with E-state index in [9.17, 15) is 13.5 Å². The second kappa shape index (κ2) is 5.55. The first-order valence-corrected chi connectivity index (χ1v) is 9.28. The van der Waals surface area contributed by atoms with Crippen molar-refractivity contribution in [3.8, 4) is 0 Å². The van der Waals surface area contributed by atoms with E-state index in [1.165, 1.54) is 0 Å². The van der Waals surface area contributed by atoms with Crippen molar-refractivity contribution in [3.63, 3.8) is 0 Å². The van der Waals surface area contributed by atoms with Crippen LogP contribution in [0.5, 0.6) is 0 Å². The second-order valence-corrected chi connectivity index (χ2v) is 8.94. The van der Waals surface area contributed by atoms with Gasteiger partial charge < -0.3 is 5.11 Å². The predicted octanol–water partition coefficient (Wildman–Crippen LogP) is 1.84. The Kier molecular flexibility index (Phi) is 4.50. The minimum atomic E-state index is -3.13. The van der Waals surface area contributed by atoms with E-state index in [4.69, 9.17) is 9.78 Å². The Hall–Kier alpha value is -0.170. The number of rotatable bonds is 5. The molecule has 0 spiro atoms. The van der Waals surface area contributed by atoms with E-state index in [-0.39, 0.29) is 23.5 Å². The molecular weight excluding hydrogens is 280 g/mol. The van der Waals surface area contributed by atoms with E-state index < -0.39 is 21.0 Å². The van der Waals surface area contributed by atoms with E-state index in [1.54, 1.807) is 6.92 Å². The summed E-state index contributed by atoms with van der Waals surface area (Å²) in [6.07, 6.45) is 3.24. The van der Waals surface area contributed by atoms with Gasteiger partial charge in [-0.05, 0) is 45.4 Å². The minimum absolute atomic E-state index is 0.000467. The van der Waals surface area contributed by atoms with Crippen molar-refractivity contribution < 1.29 is 23.3 Å². The number of fused-ring (bicyclic) bond motifs is 2.